The summed E-state index contributed by atoms with van der Waals surface area (Å²) in [5.74, 6) is 2.05. The largest absolute Gasteiger partial charge is 0.493 e. The van der Waals surface area contributed by atoms with Crippen LogP contribution in [0.2, 0.25) is 0 Å². The summed E-state index contributed by atoms with van der Waals surface area (Å²) in [6.07, 6.45) is 0. The Morgan fingerprint density at radius 1 is 1.12 bits per heavy atom. The smallest absolute Gasteiger partial charge is 0.284 e. The van der Waals surface area contributed by atoms with Crippen molar-refractivity contribution in [1.82, 2.24) is 10.6 Å². The Kier molecular flexibility index (Phi) is 8.76. The molecule has 0 unspecified atom stereocenters. The Balaban J connectivity index is 0.00000338. The number of methoxy groups -OCH3 is 2. The van der Waals surface area contributed by atoms with Gasteiger partial charge < -0.3 is 30.3 Å². The fraction of sp³-hybridized carbons (Fsp3) is 0.294. The fourth-order valence-electron chi connectivity index (χ4n) is 2.17. The molecule has 2 aromatic rings. The predicted molar refractivity (Wildman–Crippen MR) is 109 cm³/mol. The molecule has 0 aliphatic heterocycles. The Bertz CT molecular complexity index is 761. The van der Waals surface area contributed by atoms with Gasteiger partial charge in [-0.3, -0.25) is 9.79 Å². The molecular weight excluding hydrogens is 451 g/mol. The molecule has 142 valence electrons. The van der Waals surface area contributed by atoms with Gasteiger partial charge in [0.2, 0.25) is 0 Å². The second-order valence-electron chi connectivity index (χ2n) is 5.10. The lowest BCUT2D eigenvalue weighted by atomic mass is 10.2. The monoisotopic (exact) mass is 474 g/mol. The van der Waals surface area contributed by atoms with Crippen molar-refractivity contribution in [2.45, 2.75) is 13.1 Å². The van der Waals surface area contributed by atoms with E-state index >= 15 is 0 Å². The molecule has 26 heavy (non-hydrogen) atoms. The molecule has 1 aromatic carbocycles. The third-order valence-corrected chi connectivity index (χ3v) is 3.47. The standard InChI is InChI=1S/C17H22N4O4.HI/c1-19-17(21-10-12-5-7-14(25-12)16(18)22)20-9-11-4-6-13(23-2)15(8-11)24-3;/h4-8H,9-10H2,1-3H3,(H2,18,22)(H2,19,20,21);1H. The van der Waals surface area contributed by atoms with Crippen LogP contribution in [0.4, 0.5) is 0 Å². The van der Waals surface area contributed by atoms with Crippen LogP contribution >= 0.6 is 24.0 Å². The number of primary amides is 1. The molecule has 9 heteroatoms. The lowest BCUT2D eigenvalue weighted by Crippen LogP contribution is -2.36. The number of guanidine groups is 1. The summed E-state index contributed by atoms with van der Waals surface area (Å²) >= 11 is 0. The highest BCUT2D eigenvalue weighted by Crippen LogP contribution is 2.27. The molecule has 0 spiro atoms. The number of hydrogen-bond donors (Lipinski definition) is 3. The van der Waals surface area contributed by atoms with E-state index in [1.54, 1.807) is 33.4 Å². The number of amides is 1. The molecule has 1 amide bonds. The number of carbonyl (C=O) groups excluding carboxylic acids is 1. The summed E-state index contributed by atoms with van der Waals surface area (Å²) in [5, 5.41) is 6.28. The van der Waals surface area contributed by atoms with Crippen LogP contribution in [-0.4, -0.2) is 33.1 Å². The normalized spacial score (nSPS) is 10.7. The number of furan rings is 1. The Morgan fingerprint density at radius 2 is 1.81 bits per heavy atom. The number of nitrogens with two attached hydrogens (primary N) is 1. The third kappa shape index (κ3) is 5.83. The number of aliphatic imine (C=N–C) groups is 1. The van der Waals surface area contributed by atoms with E-state index < -0.39 is 5.91 Å². The average Bonchev–Trinajstić information content (AvgIpc) is 3.11. The average molecular weight is 474 g/mol. The van der Waals surface area contributed by atoms with Crippen molar-refractivity contribution >= 4 is 35.8 Å². The fourth-order valence-corrected chi connectivity index (χ4v) is 2.17. The van der Waals surface area contributed by atoms with Crippen molar-refractivity contribution in [1.29, 1.82) is 0 Å². The van der Waals surface area contributed by atoms with Crippen LogP contribution in [0.25, 0.3) is 0 Å². The van der Waals surface area contributed by atoms with Gasteiger partial charge >= 0.3 is 0 Å². The predicted octanol–water partition coefficient (Wildman–Crippen LogP) is 1.88. The van der Waals surface area contributed by atoms with Gasteiger partial charge in [-0.05, 0) is 29.8 Å². The van der Waals surface area contributed by atoms with Crippen molar-refractivity contribution < 1.29 is 18.7 Å². The molecule has 4 N–H and O–H groups in total. The van der Waals surface area contributed by atoms with E-state index in [9.17, 15) is 4.79 Å². The molecule has 0 saturated carbocycles. The maximum Gasteiger partial charge on any atom is 0.284 e. The van der Waals surface area contributed by atoms with Crippen molar-refractivity contribution in [3.63, 3.8) is 0 Å². The van der Waals surface area contributed by atoms with E-state index in [0.717, 1.165) is 5.56 Å². The Hall–Kier alpha value is -2.43. The van der Waals surface area contributed by atoms with E-state index in [2.05, 4.69) is 15.6 Å². The summed E-state index contributed by atoms with van der Waals surface area (Å²) in [6, 6.07) is 8.91. The van der Waals surface area contributed by atoms with Crippen molar-refractivity contribution in [3.8, 4) is 11.5 Å². The molecule has 0 aliphatic rings. The lowest BCUT2D eigenvalue weighted by molar-refractivity contribution is 0.0972. The van der Waals surface area contributed by atoms with Gasteiger partial charge in [0.15, 0.2) is 23.2 Å². The number of benzene rings is 1. The summed E-state index contributed by atoms with van der Waals surface area (Å²) < 4.78 is 15.8. The van der Waals surface area contributed by atoms with Crippen LogP contribution in [0.5, 0.6) is 11.5 Å². The number of nitrogens with one attached hydrogen (secondary N) is 2. The first-order valence-corrected chi connectivity index (χ1v) is 7.61. The molecule has 0 aliphatic carbocycles. The number of nitrogens with zero attached hydrogens (tertiary/aromatic N) is 1. The third-order valence-electron chi connectivity index (χ3n) is 3.47. The van der Waals surface area contributed by atoms with E-state index in [4.69, 9.17) is 19.6 Å². The van der Waals surface area contributed by atoms with Gasteiger partial charge in [0.1, 0.15) is 5.76 Å². The first-order chi connectivity index (χ1) is 12.1. The topological polar surface area (TPSA) is 111 Å². The molecule has 0 fully saturated rings. The maximum absolute atomic E-state index is 11.0. The highest BCUT2D eigenvalue weighted by Gasteiger charge is 2.08. The van der Waals surface area contributed by atoms with Crippen LogP contribution in [0.15, 0.2) is 39.7 Å². The van der Waals surface area contributed by atoms with Crippen LogP contribution in [0.1, 0.15) is 21.9 Å². The van der Waals surface area contributed by atoms with Gasteiger partial charge in [-0.2, -0.15) is 0 Å². The van der Waals surface area contributed by atoms with Gasteiger partial charge in [-0.15, -0.1) is 24.0 Å². The van der Waals surface area contributed by atoms with Gasteiger partial charge in [0, 0.05) is 13.6 Å². The number of hydrogen-bond acceptors (Lipinski definition) is 5. The first kappa shape index (κ1) is 21.6. The maximum atomic E-state index is 11.0. The molecule has 1 heterocycles. The van der Waals surface area contributed by atoms with Crippen LogP contribution in [-0.2, 0) is 13.1 Å². The minimum atomic E-state index is -0.595. The number of ether oxygens (including phenoxy) is 2. The van der Waals surface area contributed by atoms with Gasteiger partial charge in [-0.1, -0.05) is 6.07 Å². The molecule has 0 saturated heterocycles. The number of rotatable bonds is 7. The second-order valence-corrected chi connectivity index (χ2v) is 5.10. The van der Waals surface area contributed by atoms with E-state index in [0.29, 0.717) is 36.3 Å². The lowest BCUT2D eigenvalue weighted by Gasteiger charge is -2.13. The van der Waals surface area contributed by atoms with Crippen LogP contribution in [0, 0.1) is 0 Å². The SMILES string of the molecule is CN=C(NCc1ccc(OC)c(OC)c1)NCc1ccc(C(N)=O)o1.I. The number of carbonyl (C=O) groups is 1. The van der Waals surface area contributed by atoms with Crippen molar-refractivity contribution in [2.75, 3.05) is 21.3 Å². The zero-order valence-corrected chi connectivity index (χ0v) is 17.2. The Labute approximate surface area is 169 Å². The Morgan fingerprint density at radius 3 is 2.38 bits per heavy atom. The van der Waals surface area contributed by atoms with Gasteiger partial charge in [-0.25, -0.2) is 0 Å². The molecule has 2 rings (SSSR count). The highest BCUT2D eigenvalue weighted by atomic mass is 127. The van der Waals surface area contributed by atoms with E-state index in [1.165, 1.54) is 0 Å². The van der Waals surface area contributed by atoms with E-state index in [-0.39, 0.29) is 29.7 Å². The molecular formula is C17H23IN4O4. The van der Waals surface area contributed by atoms with Crippen molar-refractivity contribution in [3.05, 3.63) is 47.4 Å². The molecule has 0 radical (unpaired) electrons. The van der Waals surface area contributed by atoms with Crippen molar-refractivity contribution in [2.24, 2.45) is 10.7 Å². The highest BCUT2D eigenvalue weighted by molar-refractivity contribution is 14.0. The molecule has 1 aromatic heterocycles. The zero-order chi connectivity index (χ0) is 18.2. The first-order valence-electron chi connectivity index (χ1n) is 7.61. The minimum Gasteiger partial charge on any atom is -0.493 e. The second kappa shape index (κ2) is 10.5. The summed E-state index contributed by atoms with van der Waals surface area (Å²) in [5.41, 5.74) is 6.17. The summed E-state index contributed by atoms with van der Waals surface area (Å²) in [7, 11) is 4.86. The quantitative estimate of drug-likeness (QED) is 0.321. The van der Waals surface area contributed by atoms with Gasteiger partial charge in [0.05, 0.1) is 20.8 Å². The zero-order valence-electron chi connectivity index (χ0n) is 14.9. The molecule has 0 bridgehead atoms. The minimum absolute atomic E-state index is 0. The number of halogens is 1. The van der Waals surface area contributed by atoms with E-state index in [1.807, 2.05) is 18.2 Å². The van der Waals surface area contributed by atoms with Crippen LogP contribution in [0.3, 0.4) is 0 Å². The molecule has 0 atom stereocenters. The summed E-state index contributed by atoms with van der Waals surface area (Å²) in [6.45, 7) is 0.920. The van der Waals surface area contributed by atoms with Gasteiger partial charge in [0.25, 0.3) is 5.91 Å². The van der Waals surface area contributed by atoms with Crippen LogP contribution < -0.4 is 25.8 Å². The molecule has 8 nitrogen and oxygen atoms in total. The summed E-state index contributed by atoms with van der Waals surface area (Å²) in [4.78, 5) is 15.2.